The van der Waals surface area contributed by atoms with Gasteiger partial charge in [-0.05, 0) is 51.5 Å². The third-order valence-corrected chi connectivity index (χ3v) is 4.05. The fourth-order valence-corrected chi connectivity index (χ4v) is 2.68. The number of carbonyl (C=O) groups excluding carboxylic acids is 2. The van der Waals surface area contributed by atoms with Crippen molar-refractivity contribution in [3.05, 3.63) is 29.8 Å². The molecule has 7 heteroatoms. The number of amides is 2. The average Bonchev–Trinajstić information content (AvgIpc) is 2.61. The Hall–Kier alpha value is -2.28. The molecule has 26 heavy (non-hydrogen) atoms. The molecular formula is C19H29N3O4. The predicted molar refractivity (Wildman–Crippen MR) is 100 cm³/mol. The molecule has 0 atom stereocenters. The molecule has 1 aliphatic heterocycles. The molecule has 0 bridgehead atoms. The van der Waals surface area contributed by atoms with E-state index < -0.39 is 5.60 Å². The summed E-state index contributed by atoms with van der Waals surface area (Å²) in [6, 6.07) is 7.43. The van der Waals surface area contributed by atoms with Gasteiger partial charge in [-0.1, -0.05) is 0 Å². The first kappa shape index (κ1) is 20.0. The average molecular weight is 363 g/mol. The summed E-state index contributed by atoms with van der Waals surface area (Å²) < 4.78 is 5.41. The maximum atomic E-state index is 12.1. The number of anilines is 1. The van der Waals surface area contributed by atoms with Crippen LogP contribution in [0, 0.1) is 0 Å². The lowest BCUT2D eigenvalue weighted by molar-refractivity contribution is 0.0240. The maximum absolute atomic E-state index is 12.1. The van der Waals surface area contributed by atoms with Crippen LogP contribution in [0.1, 0.15) is 37.6 Å². The molecule has 2 amide bonds. The second-order valence-electron chi connectivity index (χ2n) is 7.33. The number of piperazine rings is 1. The van der Waals surface area contributed by atoms with Gasteiger partial charge in [-0.2, -0.15) is 0 Å². The Morgan fingerprint density at radius 3 is 2.27 bits per heavy atom. The molecule has 0 unspecified atom stereocenters. The second-order valence-corrected chi connectivity index (χ2v) is 7.33. The minimum absolute atomic E-state index is 0.0640. The number of rotatable bonds is 5. The van der Waals surface area contributed by atoms with Crippen molar-refractivity contribution in [1.82, 2.24) is 10.2 Å². The largest absolute Gasteiger partial charge is 0.444 e. The number of ether oxygens (including phenoxy) is 1. The fourth-order valence-electron chi connectivity index (χ4n) is 2.68. The molecule has 1 fully saturated rings. The van der Waals surface area contributed by atoms with E-state index in [9.17, 15) is 9.59 Å². The van der Waals surface area contributed by atoms with Crippen LogP contribution in [-0.2, 0) is 4.74 Å². The van der Waals surface area contributed by atoms with Crippen LogP contribution >= 0.6 is 0 Å². The van der Waals surface area contributed by atoms with E-state index in [1.807, 2.05) is 32.9 Å². The van der Waals surface area contributed by atoms with E-state index in [4.69, 9.17) is 9.84 Å². The Balaban J connectivity index is 1.85. The smallest absolute Gasteiger partial charge is 0.410 e. The Morgan fingerprint density at radius 2 is 1.73 bits per heavy atom. The third-order valence-electron chi connectivity index (χ3n) is 4.05. The van der Waals surface area contributed by atoms with Gasteiger partial charge in [0, 0.05) is 50.6 Å². The highest BCUT2D eigenvalue weighted by molar-refractivity contribution is 5.94. The maximum Gasteiger partial charge on any atom is 0.410 e. The van der Waals surface area contributed by atoms with Gasteiger partial charge in [0.15, 0.2) is 0 Å². The number of nitrogens with zero attached hydrogens (tertiary/aromatic N) is 2. The summed E-state index contributed by atoms with van der Waals surface area (Å²) in [4.78, 5) is 28.0. The van der Waals surface area contributed by atoms with Crippen LogP contribution in [0.25, 0.3) is 0 Å². The van der Waals surface area contributed by atoms with Gasteiger partial charge in [0.05, 0.1) is 0 Å². The van der Waals surface area contributed by atoms with E-state index in [0.717, 1.165) is 18.8 Å². The summed E-state index contributed by atoms with van der Waals surface area (Å²) in [5, 5.41) is 11.5. The van der Waals surface area contributed by atoms with E-state index in [1.165, 1.54) is 0 Å². The first-order valence-corrected chi connectivity index (χ1v) is 9.02. The zero-order valence-electron chi connectivity index (χ0n) is 15.8. The molecule has 1 saturated heterocycles. The lowest BCUT2D eigenvalue weighted by Gasteiger charge is -2.36. The Bertz CT molecular complexity index is 602. The molecule has 7 nitrogen and oxygen atoms in total. The molecule has 0 radical (unpaired) electrons. The zero-order chi connectivity index (χ0) is 19.2. The predicted octanol–water partition coefficient (Wildman–Crippen LogP) is 1.86. The van der Waals surface area contributed by atoms with Crippen LogP contribution in [0.2, 0.25) is 0 Å². The van der Waals surface area contributed by atoms with E-state index in [1.54, 1.807) is 17.0 Å². The van der Waals surface area contributed by atoms with Crippen molar-refractivity contribution < 1.29 is 19.4 Å². The Morgan fingerprint density at radius 1 is 1.12 bits per heavy atom. The number of hydrogen-bond donors (Lipinski definition) is 2. The molecular weight excluding hydrogens is 334 g/mol. The lowest BCUT2D eigenvalue weighted by atomic mass is 10.1. The molecule has 1 aliphatic rings. The Labute approximate surface area is 154 Å². The molecule has 1 aromatic rings. The third kappa shape index (κ3) is 5.91. The Kier molecular flexibility index (Phi) is 6.85. The molecule has 0 saturated carbocycles. The fraction of sp³-hybridized carbons (Fsp3) is 0.579. The van der Waals surface area contributed by atoms with Gasteiger partial charge in [0.1, 0.15) is 5.60 Å². The number of hydrogen-bond acceptors (Lipinski definition) is 5. The van der Waals surface area contributed by atoms with Gasteiger partial charge in [-0.15, -0.1) is 0 Å². The first-order chi connectivity index (χ1) is 12.3. The summed E-state index contributed by atoms with van der Waals surface area (Å²) in [6.07, 6.45) is 0.276. The van der Waals surface area contributed by atoms with Crippen molar-refractivity contribution in [1.29, 1.82) is 0 Å². The monoisotopic (exact) mass is 363 g/mol. The minimum atomic E-state index is -0.484. The van der Waals surface area contributed by atoms with E-state index in [0.29, 0.717) is 31.6 Å². The summed E-state index contributed by atoms with van der Waals surface area (Å²) in [5.74, 6) is -0.139. The van der Waals surface area contributed by atoms with Gasteiger partial charge >= 0.3 is 6.09 Å². The zero-order valence-corrected chi connectivity index (χ0v) is 15.8. The second kappa shape index (κ2) is 8.89. The van der Waals surface area contributed by atoms with Crippen LogP contribution < -0.4 is 10.2 Å². The van der Waals surface area contributed by atoms with E-state index in [-0.39, 0.29) is 18.6 Å². The number of aliphatic hydroxyl groups is 1. The van der Waals surface area contributed by atoms with Crippen molar-refractivity contribution >= 4 is 17.7 Å². The molecule has 144 valence electrons. The van der Waals surface area contributed by atoms with Crippen LogP contribution in [0.5, 0.6) is 0 Å². The molecule has 1 heterocycles. The van der Waals surface area contributed by atoms with Crippen molar-refractivity contribution in [3.63, 3.8) is 0 Å². The summed E-state index contributed by atoms with van der Waals surface area (Å²) in [5.41, 5.74) is 1.14. The van der Waals surface area contributed by atoms with Crippen LogP contribution in [0.15, 0.2) is 24.3 Å². The SMILES string of the molecule is CC(C)(C)OC(=O)N1CCN(c2ccc(C(=O)NCCCO)cc2)CC1. The molecule has 1 aromatic carbocycles. The molecule has 2 rings (SSSR count). The normalized spacial score (nSPS) is 14.9. The summed E-state index contributed by atoms with van der Waals surface area (Å²) in [6.45, 7) is 8.78. The van der Waals surface area contributed by atoms with E-state index >= 15 is 0 Å². The summed E-state index contributed by atoms with van der Waals surface area (Å²) in [7, 11) is 0. The van der Waals surface area contributed by atoms with Crippen molar-refractivity contribution in [2.45, 2.75) is 32.8 Å². The van der Waals surface area contributed by atoms with Crippen LogP contribution in [0.4, 0.5) is 10.5 Å². The van der Waals surface area contributed by atoms with Crippen molar-refractivity contribution in [2.75, 3.05) is 44.2 Å². The first-order valence-electron chi connectivity index (χ1n) is 9.02. The molecule has 0 aliphatic carbocycles. The minimum Gasteiger partial charge on any atom is -0.444 e. The topological polar surface area (TPSA) is 82.1 Å². The molecule has 0 aromatic heterocycles. The lowest BCUT2D eigenvalue weighted by Crippen LogP contribution is -2.50. The summed E-state index contributed by atoms with van der Waals surface area (Å²) >= 11 is 0. The number of carbonyl (C=O) groups is 2. The molecule has 2 N–H and O–H groups in total. The van der Waals surface area contributed by atoms with Gasteiger partial charge in [-0.3, -0.25) is 4.79 Å². The van der Waals surface area contributed by atoms with Crippen LogP contribution in [0.3, 0.4) is 0 Å². The van der Waals surface area contributed by atoms with Crippen LogP contribution in [-0.4, -0.2) is 66.9 Å². The van der Waals surface area contributed by atoms with Gasteiger partial charge in [0.25, 0.3) is 5.91 Å². The van der Waals surface area contributed by atoms with Gasteiger partial charge in [-0.25, -0.2) is 4.79 Å². The quantitative estimate of drug-likeness (QED) is 0.781. The van der Waals surface area contributed by atoms with Gasteiger partial charge < -0.3 is 25.0 Å². The number of benzene rings is 1. The number of aliphatic hydroxyl groups excluding tert-OH is 1. The van der Waals surface area contributed by atoms with Crippen molar-refractivity contribution in [3.8, 4) is 0 Å². The highest BCUT2D eigenvalue weighted by Crippen LogP contribution is 2.18. The van der Waals surface area contributed by atoms with Gasteiger partial charge in [0.2, 0.25) is 0 Å². The highest BCUT2D eigenvalue weighted by Gasteiger charge is 2.25. The van der Waals surface area contributed by atoms with E-state index in [2.05, 4.69) is 10.2 Å². The molecule has 0 spiro atoms. The standard InChI is InChI=1S/C19H29N3O4/c1-19(2,3)26-18(25)22-12-10-21(11-13-22)16-7-5-15(6-8-16)17(24)20-9-4-14-23/h5-8,23H,4,9-14H2,1-3H3,(H,20,24). The highest BCUT2D eigenvalue weighted by atomic mass is 16.6. The van der Waals surface area contributed by atoms with Crippen molar-refractivity contribution in [2.24, 2.45) is 0 Å². The number of nitrogens with one attached hydrogen (secondary N) is 1.